The fourth-order valence-electron chi connectivity index (χ4n) is 2.00. The van der Waals surface area contributed by atoms with Gasteiger partial charge >= 0.3 is 0 Å². The second-order valence-corrected chi connectivity index (χ2v) is 4.55. The number of nitriles is 1. The molecular weight excluding hydrogens is 254 g/mol. The maximum atomic E-state index is 9.07. The highest BCUT2D eigenvalue weighted by Crippen LogP contribution is 2.19. The van der Waals surface area contributed by atoms with E-state index >= 15 is 0 Å². The Hall–Kier alpha value is -2.39. The van der Waals surface area contributed by atoms with Crippen molar-refractivity contribution >= 4 is 0 Å². The van der Waals surface area contributed by atoms with E-state index in [1.54, 1.807) is 13.4 Å². The highest BCUT2D eigenvalue weighted by molar-refractivity contribution is 5.45. The molecule has 0 radical (unpaired) electrons. The van der Waals surface area contributed by atoms with Crippen LogP contribution in [0.4, 0.5) is 0 Å². The van der Waals surface area contributed by atoms with Crippen LogP contribution >= 0.6 is 0 Å². The molecule has 0 amide bonds. The molecule has 1 N–H and O–H groups in total. The molecule has 0 saturated carbocycles. The van der Waals surface area contributed by atoms with Gasteiger partial charge in [0, 0.05) is 13.6 Å². The highest BCUT2D eigenvalue weighted by Gasteiger charge is 2.11. The molecule has 2 aromatic rings. The Morgan fingerprint density at radius 1 is 1.50 bits per heavy atom. The van der Waals surface area contributed by atoms with E-state index in [1.807, 2.05) is 36.7 Å². The van der Waals surface area contributed by atoms with Gasteiger partial charge in [-0.3, -0.25) is 0 Å². The molecule has 1 aromatic heterocycles. The Kier molecular flexibility index (Phi) is 4.33. The first-order chi connectivity index (χ1) is 9.65. The van der Waals surface area contributed by atoms with Crippen molar-refractivity contribution in [3.63, 3.8) is 0 Å². The average Bonchev–Trinajstić information content (AvgIpc) is 2.90. The quantitative estimate of drug-likeness (QED) is 0.892. The van der Waals surface area contributed by atoms with Gasteiger partial charge in [-0.15, -0.1) is 10.2 Å². The molecule has 20 heavy (non-hydrogen) atoms. The Morgan fingerprint density at radius 2 is 2.30 bits per heavy atom. The first-order valence-electron chi connectivity index (χ1n) is 6.30. The smallest absolute Gasteiger partial charge is 0.149 e. The summed E-state index contributed by atoms with van der Waals surface area (Å²) >= 11 is 0. The van der Waals surface area contributed by atoms with E-state index in [4.69, 9.17) is 10.00 Å². The van der Waals surface area contributed by atoms with Gasteiger partial charge in [-0.2, -0.15) is 5.26 Å². The highest BCUT2D eigenvalue weighted by atomic mass is 16.5. The van der Waals surface area contributed by atoms with Gasteiger partial charge in [0.15, 0.2) is 0 Å². The van der Waals surface area contributed by atoms with E-state index in [0.29, 0.717) is 17.9 Å². The number of rotatable bonds is 5. The summed E-state index contributed by atoms with van der Waals surface area (Å²) in [5.74, 6) is 1.47. The normalized spacial score (nSPS) is 11.9. The number of aryl methyl sites for hydroxylation is 1. The lowest BCUT2D eigenvalue weighted by atomic mass is 10.1. The number of methoxy groups -OCH3 is 1. The van der Waals surface area contributed by atoms with Crippen molar-refractivity contribution < 1.29 is 4.74 Å². The molecule has 0 aliphatic heterocycles. The van der Waals surface area contributed by atoms with Crippen molar-refractivity contribution in [3.8, 4) is 11.8 Å². The number of aromatic nitrogens is 3. The summed E-state index contributed by atoms with van der Waals surface area (Å²) in [6.07, 6.45) is 1.68. The van der Waals surface area contributed by atoms with Gasteiger partial charge in [-0.05, 0) is 24.6 Å². The van der Waals surface area contributed by atoms with Crippen LogP contribution in [-0.4, -0.2) is 21.9 Å². The maximum absolute atomic E-state index is 9.07. The van der Waals surface area contributed by atoms with E-state index in [1.165, 1.54) is 0 Å². The third-order valence-electron chi connectivity index (χ3n) is 3.13. The van der Waals surface area contributed by atoms with Crippen LogP contribution in [0, 0.1) is 11.3 Å². The fourth-order valence-corrected chi connectivity index (χ4v) is 2.00. The fraction of sp³-hybridized carbons (Fsp3) is 0.357. The summed E-state index contributed by atoms with van der Waals surface area (Å²) in [7, 11) is 3.47. The zero-order valence-corrected chi connectivity index (χ0v) is 11.8. The predicted octanol–water partition coefficient (Wildman–Crippen LogP) is 1.55. The van der Waals surface area contributed by atoms with Gasteiger partial charge in [0.05, 0.1) is 18.7 Å². The molecule has 0 spiro atoms. The molecule has 6 nitrogen and oxygen atoms in total. The molecule has 1 heterocycles. The topological polar surface area (TPSA) is 75.8 Å². The van der Waals surface area contributed by atoms with Crippen molar-refractivity contribution in [2.24, 2.45) is 7.05 Å². The summed E-state index contributed by atoms with van der Waals surface area (Å²) in [6, 6.07) is 7.79. The summed E-state index contributed by atoms with van der Waals surface area (Å²) in [5.41, 5.74) is 1.56. The summed E-state index contributed by atoms with van der Waals surface area (Å²) in [4.78, 5) is 0. The zero-order valence-electron chi connectivity index (χ0n) is 11.8. The Balaban J connectivity index is 2.05. The van der Waals surface area contributed by atoms with Crippen molar-refractivity contribution in [2.75, 3.05) is 7.11 Å². The van der Waals surface area contributed by atoms with Gasteiger partial charge in [0.2, 0.25) is 0 Å². The number of nitrogens with zero attached hydrogens (tertiary/aromatic N) is 4. The molecule has 0 fully saturated rings. The molecule has 1 atom stereocenters. The first kappa shape index (κ1) is 14.0. The third-order valence-corrected chi connectivity index (χ3v) is 3.13. The second kappa shape index (κ2) is 6.17. The van der Waals surface area contributed by atoms with Gasteiger partial charge < -0.3 is 14.6 Å². The Bertz CT molecular complexity index is 629. The lowest BCUT2D eigenvalue weighted by Gasteiger charge is -2.13. The zero-order chi connectivity index (χ0) is 14.5. The number of benzene rings is 1. The first-order valence-corrected chi connectivity index (χ1v) is 6.30. The monoisotopic (exact) mass is 271 g/mol. The lowest BCUT2D eigenvalue weighted by Crippen LogP contribution is -2.21. The largest absolute Gasteiger partial charge is 0.495 e. The van der Waals surface area contributed by atoms with Crippen molar-refractivity contribution in [1.29, 1.82) is 5.26 Å². The van der Waals surface area contributed by atoms with Crippen molar-refractivity contribution in [3.05, 3.63) is 41.5 Å². The minimum atomic E-state index is 0.0788. The third kappa shape index (κ3) is 2.95. The van der Waals surface area contributed by atoms with E-state index in [9.17, 15) is 0 Å². The molecule has 0 saturated heterocycles. The van der Waals surface area contributed by atoms with Gasteiger partial charge in [0.25, 0.3) is 0 Å². The number of hydrogen-bond acceptors (Lipinski definition) is 5. The summed E-state index contributed by atoms with van der Waals surface area (Å²) in [6.45, 7) is 2.67. The molecule has 0 aliphatic rings. The lowest BCUT2D eigenvalue weighted by molar-refractivity contribution is 0.413. The Labute approximate surface area is 118 Å². The van der Waals surface area contributed by atoms with Crippen LogP contribution < -0.4 is 10.1 Å². The SMILES string of the molecule is COc1ccc(CNC(C)c2nncn2C)cc1C#N. The van der Waals surface area contributed by atoms with E-state index in [-0.39, 0.29) is 6.04 Å². The average molecular weight is 271 g/mol. The molecular formula is C14H17N5O. The van der Waals surface area contributed by atoms with Crippen LogP contribution in [0.2, 0.25) is 0 Å². The predicted molar refractivity (Wildman–Crippen MR) is 74.0 cm³/mol. The van der Waals surface area contributed by atoms with Crippen LogP contribution in [-0.2, 0) is 13.6 Å². The van der Waals surface area contributed by atoms with Crippen LogP contribution in [0.1, 0.15) is 29.9 Å². The minimum Gasteiger partial charge on any atom is -0.495 e. The molecule has 104 valence electrons. The van der Waals surface area contributed by atoms with E-state index < -0.39 is 0 Å². The van der Waals surface area contributed by atoms with Gasteiger partial charge in [0.1, 0.15) is 24.0 Å². The van der Waals surface area contributed by atoms with Gasteiger partial charge in [-0.25, -0.2) is 0 Å². The van der Waals surface area contributed by atoms with Gasteiger partial charge in [-0.1, -0.05) is 6.07 Å². The number of ether oxygens (including phenoxy) is 1. The van der Waals surface area contributed by atoms with Crippen LogP contribution in [0.3, 0.4) is 0 Å². The standard InChI is InChI=1S/C14H17N5O/c1-10(14-18-17-9-19(14)2)16-8-11-4-5-13(20-3)12(6-11)7-15/h4-6,9-10,16H,8H2,1-3H3. The molecule has 2 rings (SSSR count). The Morgan fingerprint density at radius 3 is 2.90 bits per heavy atom. The molecule has 0 aliphatic carbocycles. The summed E-state index contributed by atoms with van der Waals surface area (Å²) < 4.78 is 7.01. The molecule has 1 unspecified atom stereocenters. The summed E-state index contributed by atoms with van der Waals surface area (Å²) in [5, 5.41) is 20.4. The van der Waals surface area contributed by atoms with Crippen molar-refractivity contribution in [2.45, 2.75) is 19.5 Å². The molecule has 1 aromatic carbocycles. The molecule has 0 bridgehead atoms. The second-order valence-electron chi connectivity index (χ2n) is 4.55. The maximum Gasteiger partial charge on any atom is 0.149 e. The van der Waals surface area contributed by atoms with Crippen LogP contribution in [0.5, 0.6) is 5.75 Å². The number of hydrogen-bond donors (Lipinski definition) is 1. The minimum absolute atomic E-state index is 0.0788. The van der Waals surface area contributed by atoms with E-state index in [0.717, 1.165) is 11.4 Å². The molecule has 6 heteroatoms. The van der Waals surface area contributed by atoms with E-state index in [2.05, 4.69) is 21.6 Å². The van der Waals surface area contributed by atoms with Crippen LogP contribution in [0.15, 0.2) is 24.5 Å². The van der Waals surface area contributed by atoms with Crippen molar-refractivity contribution in [1.82, 2.24) is 20.1 Å². The van der Waals surface area contributed by atoms with Crippen LogP contribution in [0.25, 0.3) is 0 Å². The number of nitrogens with one attached hydrogen (secondary N) is 1.